The number of pyridine rings is 1. The van der Waals surface area contributed by atoms with E-state index in [1.807, 2.05) is 12.1 Å². The summed E-state index contributed by atoms with van der Waals surface area (Å²) in [7, 11) is 0. The fourth-order valence-corrected chi connectivity index (χ4v) is 3.47. The molecule has 2 fully saturated rings. The average Bonchev–Trinajstić information content (AvgIpc) is 2.60. The van der Waals surface area contributed by atoms with Gasteiger partial charge in [-0.05, 0) is 26.0 Å². The molecule has 0 spiro atoms. The van der Waals surface area contributed by atoms with Crippen molar-refractivity contribution < 1.29 is 14.3 Å². The van der Waals surface area contributed by atoms with E-state index in [2.05, 4.69) is 23.7 Å². The summed E-state index contributed by atoms with van der Waals surface area (Å²) in [5, 5.41) is 0. The Kier molecular flexibility index (Phi) is 5.22. The van der Waals surface area contributed by atoms with E-state index in [4.69, 9.17) is 4.74 Å². The van der Waals surface area contributed by atoms with Crippen molar-refractivity contribution >= 4 is 17.6 Å². The molecule has 7 heteroatoms. The van der Waals surface area contributed by atoms with Crippen LogP contribution in [0, 0.1) is 0 Å². The Morgan fingerprint density at radius 1 is 1.04 bits per heavy atom. The van der Waals surface area contributed by atoms with Crippen LogP contribution in [-0.4, -0.2) is 78.1 Å². The molecule has 1 aromatic rings. The van der Waals surface area contributed by atoms with E-state index in [1.165, 1.54) is 0 Å². The van der Waals surface area contributed by atoms with Gasteiger partial charge >= 0.3 is 0 Å². The lowest BCUT2D eigenvalue weighted by Crippen LogP contribution is -2.50. The standard InChI is InChI=1S/C18H26N4O3/c1-13-11-22(12-14(2)25-13)17-5-4-16(10-19-17)18(24)21-8-6-20(7-9-21)15(3)23/h4-5,10,13-14H,6-9,11-12H2,1-3H3. The Labute approximate surface area is 148 Å². The van der Waals surface area contributed by atoms with E-state index >= 15 is 0 Å². The topological polar surface area (TPSA) is 66.0 Å². The largest absolute Gasteiger partial charge is 0.372 e. The molecule has 0 N–H and O–H groups in total. The Morgan fingerprint density at radius 2 is 1.64 bits per heavy atom. The summed E-state index contributed by atoms with van der Waals surface area (Å²) in [4.78, 5) is 34.2. The third-order valence-corrected chi connectivity index (χ3v) is 4.75. The smallest absolute Gasteiger partial charge is 0.255 e. The van der Waals surface area contributed by atoms with Crippen molar-refractivity contribution in [2.45, 2.75) is 33.0 Å². The quantitative estimate of drug-likeness (QED) is 0.799. The summed E-state index contributed by atoms with van der Waals surface area (Å²) in [6.07, 6.45) is 1.99. The van der Waals surface area contributed by atoms with Gasteiger partial charge in [-0.25, -0.2) is 4.98 Å². The third kappa shape index (κ3) is 4.10. The molecule has 7 nitrogen and oxygen atoms in total. The average molecular weight is 346 g/mol. The van der Waals surface area contributed by atoms with Crippen LogP contribution in [0.25, 0.3) is 0 Å². The van der Waals surface area contributed by atoms with E-state index in [-0.39, 0.29) is 24.0 Å². The van der Waals surface area contributed by atoms with Crippen LogP contribution in [0.2, 0.25) is 0 Å². The SMILES string of the molecule is CC(=O)N1CCN(C(=O)c2ccc(N3CC(C)OC(C)C3)nc2)CC1. The first-order chi connectivity index (χ1) is 11.9. The Hall–Kier alpha value is -2.15. The van der Waals surface area contributed by atoms with Gasteiger partial charge in [0.1, 0.15) is 5.82 Å². The number of rotatable bonds is 2. The zero-order valence-corrected chi connectivity index (χ0v) is 15.1. The maximum absolute atomic E-state index is 12.6. The van der Waals surface area contributed by atoms with Gasteiger partial charge in [-0.15, -0.1) is 0 Å². The van der Waals surface area contributed by atoms with Gasteiger partial charge in [0.25, 0.3) is 5.91 Å². The van der Waals surface area contributed by atoms with Crippen LogP contribution < -0.4 is 4.90 Å². The van der Waals surface area contributed by atoms with Crippen molar-refractivity contribution in [3.8, 4) is 0 Å². The summed E-state index contributed by atoms with van der Waals surface area (Å²) < 4.78 is 5.75. The zero-order chi connectivity index (χ0) is 18.0. The molecule has 2 saturated heterocycles. The summed E-state index contributed by atoms with van der Waals surface area (Å²) >= 11 is 0. The summed E-state index contributed by atoms with van der Waals surface area (Å²) in [6.45, 7) is 9.61. The van der Waals surface area contributed by atoms with Crippen LogP contribution in [0.5, 0.6) is 0 Å². The number of piperazine rings is 1. The highest BCUT2D eigenvalue weighted by Crippen LogP contribution is 2.19. The van der Waals surface area contributed by atoms with Crippen molar-refractivity contribution in [1.82, 2.24) is 14.8 Å². The van der Waals surface area contributed by atoms with Gasteiger partial charge in [0, 0.05) is 52.4 Å². The number of nitrogens with zero attached hydrogens (tertiary/aromatic N) is 4. The van der Waals surface area contributed by atoms with Crippen molar-refractivity contribution in [1.29, 1.82) is 0 Å². The minimum atomic E-state index is -0.0223. The molecule has 136 valence electrons. The van der Waals surface area contributed by atoms with Crippen molar-refractivity contribution in [2.75, 3.05) is 44.2 Å². The maximum atomic E-state index is 12.6. The summed E-state index contributed by atoms with van der Waals surface area (Å²) in [5.74, 6) is 0.915. The summed E-state index contributed by atoms with van der Waals surface area (Å²) in [5.41, 5.74) is 0.592. The minimum Gasteiger partial charge on any atom is -0.372 e. The Morgan fingerprint density at radius 3 is 2.16 bits per heavy atom. The van der Waals surface area contributed by atoms with Gasteiger partial charge < -0.3 is 19.4 Å². The molecule has 2 unspecified atom stereocenters. The van der Waals surface area contributed by atoms with Gasteiger partial charge in [-0.3, -0.25) is 9.59 Å². The number of amides is 2. The molecule has 0 saturated carbocycles. The fraction of sp³-hybridized carbons (Fsp3) is 0.611. The van der Waals surface area contributed by atoms with E-state index in [9.17, 15) is 9.59 Å². The van der Waals surface area contributed by atoms with Crippen molar-refractivity contribution in [2.24, 2.45) is 0 Å². The van der Waals surface area contributed by atoms with Crippen LogP contribution in [0.3, 0.4) is 0 Å². The molecule has 0 bridgehead atoms. The van der Waals surface area contributed by atoms with Gasteiger partial charge in [0.05, 0.1) is 17.8 Å². The monoisotopic (exact) mass is 346 g/mol. The lowest BCUT2D eigenvalue weighted by atomic mass is 10.2. The molecular formula is C18H26N4O3. The molecular weight excluding hydrogens is 320 g/mol. The Balaban J connectivity index is 1.62. The first kappa shape index (κ1) is 17.7. The molecule has 0 radical (unpaired) electrons. The first-order valence-corrected chi connectivity index (χ1v) is 8.85. The normalized spacial score (nSPS) is 24.4. The lowest BCUT2D eigenvalue weighted by Gasteiger charge is -2.36. The van der Waals surface area contributed by atoms with Crippen LogP contribution in [0.4, 0.5) is 5.82 Å². The van der Waals surface area contributed by atoms with E-state index in [1.54, 1.807) is 22.9 Å². The molecule has 2 aliphatic heterocycles. The Bertz CT molecular complexity index is 616. The number of anilines is 1. The van der Waals surface area contributed by atoms with E-state index in [0.29, 0.717) is 31.7 Å². The first-order valence-electron chi connectivity index (χ1n) is 8.85. The minimum absolute atomic E-state index is 0.0223. The molecule has 3 heterocycles. The fourth-order valence-electron chi connectivity index (χ4n) is 3.47. The number of morpholine rings is 1. The number of carbonyl (C=O) groups excluding carboxylic acids is 2. The number of carbonyl (C=O) groups is 2. The number of aromatic nitrogens is 1. The highest BCUT2D eigenvalue weighted by atomic mass is 16.5. The third-order valence-electron chi connectivity index (χ3n) is 4.75. The number of ether oxygens (including phenoxy) is 1. The van der Waals surface area contributed by atoms with Gasteiger partial charge in [0.2, 0.25) is 5.91 Å². The zero-order valence-electron chi connectivity index (χ0n) is 15.1. The van der Waals surface area contributed by atoms with Crippen LogP contribution in [-0.2, 0) is 9.53 Å². The van der Waals surface area contributed by atoms with Gasteiger partial charge in [-0.2, -0.15) is 0 Å². The molecule has 2 aliphatic rings. The number of hydrogen-bond acceptors (Lipinski definition) is 5. The van der Waals surface area contributed by atoms with Crippen LogP contribution in [0.1, 0.15) is 31.1 Å². The second kappa shape index (κ2) is 7.39. The molecule has 2 atom stereocenters. The second-order valence-corrected chi connectivity index (χ2v) is 6.87. The predicted molar refractivity (Wildman–Crippen MR) is 94.6 cm³/mol. The van der Waals surface area contributed by atoms with Crippen LogP contribution in [0.15, 0.2) is 18.3 Å². The summed E-state index contributed by atoms with van der Waals surface area (Å²) in [6, 6.07) is 3.75. The van der Waals surface area contributed by atoms with Crippen LogP contribution >= 0.6 is 0 Å². The highest BCUT2D eigenvalue weighted by Gasteiger charge is 2.25. The maximum Gasteiger partial charge on any atom is 0.255 e. The van der Waals surface area contributed by atoms with Crippen molar-refractivity contribution in [3.05, 3.63) is 23.9 Å². The lowest BCUT2D eigenvalue weighted by molar-refractivity contribution is -0.130. The van der Waals surface area contributed by atoms with Gasteiger partial charge in [0.15, 0.2) is 0 Å². The predicted octanol–water partition coefficient (Wildman–Crippen LogP) is 1.000. The molecule has 1 aromatic heterocycles. The number of hydrogen-bond donors (Lipinski definition) is 0. The highest BCUT2D eigenvalue weighted by molar-refractivity contribution is 5.94. The van der Waals surface area contributed by atoms with Crippen molar-refractivity contribution in [3.63, 3.8) is 0 Å². The molecule has 0 aliphatic carbocycles. The van der Waals surface area contributed by atoms with E-state index < -0.39 is 0 Å². The second-order valence-electron chi connectivity index (χ2n) is 6.87. The van der Waals surface area contributed by atoms with Gasteiger partial charge in [-0.1, -0.05) is 0 Å². The molecule has 25 heavy (non-hydrogen) atoms. The molecule has 3 rings (SSSR count). The molecule has 2 amide bonds. The molecule has 0 aromatic carbocycles. The van der Waals surface area contributed by atoms with E-state index in [0.717, 1.165) is 18.9 Å².